The average molecular weight is 367 g/mol. The number of aryl methyl sites for hydroxylation is 2. The summed E-state index contributed by atoms with van der Waals surface area (Å²) >= 11 is 12.5. The molecule has 1 aromatic rings. The van der Waals surface area contributed by atoms with Gasteiger partial charge in [-0.05, 0) is 67.0 Å². The largest absolute Gasteiger partial charge is 0.368 e. The minimum atomic E-state index is 0.103. The van der Waals surface area contributed by atoms with Crippen molar-refractivity contribution >= 4 is 28.9 Å². The minimum Gasteiger partial charge on any atom is -0.368 e. The maximum Gasteiger partial charge on any atom is 0.0849 e. The summed E-state index contributed by atoms with van der Waals surface area (Å²) in [5.74, 6) is 0.487. The van der Waals surface area contributed by atoms with Gasteiger partial charge in [0.25, 0.3) is 0 Å². The Balaban J connectivity index is 2.14. The van der Waals surface area contributed by atoms with E-state index in [1.807, 2.05) is 12.1 Å². The molecule has 1 unspecified atom stereocenters. The second-order valence-corrected chi connectivity index (χ2v) is 7.76. The number of allylic oxidation sites excluding steroid dienone is 3. The first-order chi connectivity index (χ1) is 11.3. The van der Waals surface area contributed by atoms with Crippen LogP contribution in [-0.2, 0) is 6.42 Å². The van der Waals surface area contributed by atoms with Crippen molar-refractivity contribution in [3.63, 3.8) is 0 Å². The Labute approximate surface area is 156 Å². The van der Waals surface area contributed by atoms with Crippen molar-refractivity contribution in [3.8, 4) is 0 Å². The fourth-order valence-corrected chi connectivity index (χ4v) is 3.97. The standard InChI is InChI=1S/C20H28Cl2N2/c1-6-15-9-16(21)7-13(4)19(15)23-11-24-20-14(5)8-17(22)10-18(20)12(2)3/h7-9,12,17,23-24H,6,10-11H2,1-5H3. The second kappa shape index (κ2) is 8.31. The van der Waals surface area contributed by atoms with Crippen molar-refractivity contribution in [2.24, 2.45) is 5.92 Å². The predicted molar refractivity (Wildman–Crippen MR) is 107 cm³/mol. The molecule has 0 saturated carbocycles. The van der Waals surface area contributed by atoms with Gasteiger partial charge in [0.05, 0.1) is 12.0 Å². The number of hydrogen-bond donors (Lipinski definition) is 2. The number of hydrogen-bond acceptors (Lipinski definition) is 2. The van der Waals surface area contributed by atoms with E-state index < -0.39 is 0 Å². The smallest absolute Gasteiger partial charge is 0.0849 e. The lowest BCUT2D eigenvalue weighted by molar-refractivity contribution is 0.670. The van der Waals surface area contributed by atoms with Gasteiger partial charge >= 0.3 is 0 Å². The molecule has 2 rings (SSSR count). The van der Waals surface area contributed by atoms with Crippen LogP contribution in [0.2, 0.25) is 5.02 Å². The van der Waals surface area contributed by atoms with Crippen LogP contribution < -0.4 is 10.6 Å². The first kappa shape index (κ1) is 19.2. The van der Waals surface area contributed by atoms with Crippen molar-refractivity contribution in [2.45, 2.75) is 52.8 Å². The molecule has 0 saturated heterocycles. The Kier molecular flexibility index (Phi) is 6.65. The van der Waals surface area contributed by atoms with Gasteiger partial charge < -0.3 is 10.6 Å². The quantitative estimate of drug-likeness (QED) is 0.473. The maximum atomic E-state index is 6.35. The lowest BCUT2D eigenvalue weighted by atomic mass is 9.89. The van der Waals surface area contributed by atoms with E-state index in [-0.39, 0.29) is 5.38 Å². The van der Waals surface area contributed by atoms with E-state index in [0.717, 1.165) is 17.9 Å². The van der Waals surface area contributed by atoms with Crippen LogP contribution in [0, 0.1) is 12.8 Å². The molecule has 2 N–H and O–H groups in total. The molecule has 0 spiro atoms. The fourth-order valence-electron chi connectivity index (χ4n) is 3.32. The average Bonchev–Trinajstić information content (AvgIpc) is 2.49. The van der Waals surface area contributed by atoms with Gasteiger partial charge in [0, 0.05) is 16.4 Å². The number of nitrogens with one attached hydrogen (secondary N) is 2. The number of alkyl halides is 1. The van der Waals surface area contributed by atoms with Crippen LogP contribution in [0.1, 0.15) is 45.2 Å². The molecule has 0 fully saturated rings. The first-order valence-corrected chi connectivity index (χ1v) is 9.47. The molecule has 0 aromatic heterocycles. The van der Waals surface area contributed by atoms with Gasteiger partial charge in [-0.3, -0.25) is 0 Å². The lowest BCUT2D eigenvalue weighted by Gasteiger charge is -2.27. The van der Waals surface area contributed by atoms with Gasteiger partial charge in [-0.1, -0.05) is 38.4 Å². The van der Waals surface area contributed by atoms with Gasteiger partial charge in [0.15, 0.2) is 0 Å². The molecule has 0 aliphatic heterocycles. The molecule has 0 radical (unpaired) electrons. The predicted octanol–water partition coefficient (Wildman–Crippen LogP) is 6.04. The maximum absolute atomic E-state index is 6.35. The van der Waals surface area contributed by atoms with Gasteiger partial charge in [0.2, 0.25) is 0 Å². The van der Waals surface area contributed by atoms with E-state index in [1.54, 1.807) is 0 Å². The van der Waals surface area contributed by atoms with Crippen LogP contribution in [0.15, 0.2) is 35.1 Å². The molecule has 1 aromatic carbocycles. The molecule has 1 aliphatic carbocycles. The summed E-state index contributed by atoms with van der Waals surface area (Å²) in [7, 11) is 0. The second-order valence-electron chi connectivity index (χ2n) is 6.77. The number of benzene rings is 1. The van der Waals surface area contributed by atoms with Crippen LogP contribution in [0.5, 0.6) is 0 Å². The molecule has 1 atom stereocenters. The Morgan fingerprint density at radius 1 is 1.21 bits per heavy atom. The van der Waals surface area contributed by atoms with E-state index >= 15 is 0 Å². The normalized spacial score (nSPS) is 18.0. The van der Waals surface area contributed by atoms with Crippen molar-refractivity contribution < 1.29 is 0 Å². The van der Waals surface area contributed by atoms with E-state index in [2.05, 4.69) is 51.3 Å². The van der Waals surface area contributed by atoms with E-state index in [1.165, 1.54) is 33.7 Å². The van der Waals surface area contributed by atoms with Crippen LogP contribution in [0.25, 0.3) is 0 Å². The highest BCUT2D eigenvalue weighted by atomic mass is 35.5. The van der Waals surface area contributed by atoms with Crippen LogP contribution >= 0.6 is 23.2 Å². The number of rotatable bonds is 6. The first-order valence-electron chi connectivity index (χ1n) is 8.66. The van der Waals surface area contributed by atoms with Crippen molar-refractivity contribution in [1.29, 1.82) is 0 Å². The topological polar surface area (TPSA) is 24.1 Å². The third-order valence-corrected chi connectivity index (χ3v) is 5.05. The summed E-state index contributed by atoms with van der Waals surface area (Å²) in [5.41, 5.74) is 7.47. The lowest BCUT2D eigenvalue weighted by Crippen LogP contribution is -2.27. The van der Waals surface area contributed by atoms with E-state index in [9.17, 15) is 0 Å². The minimum absolute atomic E-state index is 0.103. The molecule has 132 valence electrons. The highest BCUT2D eigenvalue weighted by molar-refractivity contribution is 6.30. The zero-order chi connectivity index (χ0) is 17.9. The third kappa shape index (κ3) is 4.49. The summed E-state index contributed by atoms with van der Waals surface area (Å²) in [6.07, 6.45) is 4.01. The highest BCUT2D eigenvalue weighted by Crippen LogP contribution is 2.31. The molecule has 0 bridgehead atoms. The molecule has 0 heterocycles. The zero-order valence-corrected chi connectivity index (χ0v) is 16.8. The molecule has 1 aliphatic rings. The van der Waals surface area contributed by atoms with E-state index in [4.69, 9.17) is 23.2 Å². The van der Waals surface area contributed by atoms with Crippen LogP contribution in [-0.4, -0.2) is 12.0 Å². The van der Waals surface area contributed by atoms with Crippen molar-refractivity contribution in [2.75, 3.05) is 12.0 Å². The SMILES string of the molecule is CCc1cc(Cl)cc(C)c1NCNC1=C(C(C)C)CC(Cl)C=C1C. The molecular formula is C20H28Cl2N2. The van der Waals surface area contributed by atoms with Gasteiger partial charge in [0.1, 0.15) is 0 Å². The summed E-state index contributed by atoms with van der Waals surface area (Å²) in [4.78, 5) is 0. The number of halogens is 2. The molecule has 4 heteroatoms. The summed E-state index contributed by atoms with van der Waals surface area (Å²) < 4.78 is 0. The Bertz CT molecular complexity index is 660. The Morgan fingerprint density at radius 2 is 1.92 bits per heavy atom. The molecule has 2 nitrogen and oxygen atoms in total. The Morgan fingerprint density at radius 3 is 2.54 bits per heavy atom. The summed E-state index contributed by atoms with van der Waals surface area (Å²) in [5, 5.41) is 8.01. The zero-order valence-electron chi connectivity index (χ0n) is 15.3. The monoisotopic (exact) mass is 366 g/mol. The van der Waals surface area contributed by atoms with Gasteiger partial charge in [-0.25, -0.2) is 0 Å². The fraction of sp³-hybridized carbons (Fsp3) is 0.500. The van der Waals surface area contributed by atoms with Crippen molar-refractivity contribution in [3.05, 3.63) is 51.2 Å². The third-order valence-electron chi connectivity index (χ3n) is 4.55. The van der Waals surface area contributed by atoms with E-state index in [0.29, 0.717) is 12.6 Å². The van der Waals surface area contributed by atoms with Crippen LogP contribution in [0.4, 0.5) is 5.69 Å². The number of anilines is 1. The summed E-state index contributed by atoms with van der Waals surface area (Å²) in [6, 6.07) is 4.05. The molecule has 0 amide bonds. The summed E-state index contributed by atoms with van der Waals surface area (Å²) in [6.45, 7) is 11.5. The highest BCUT2D eigenvalue weighted by Gasteiger charge is 2.20. The van der Waals surface area contributed by atoms with Crippen molar-refractivity contribution in [1.82, 2.24) is 5.32 Å². The van der Waals surface area contributed by atoms with Gasteiger partial charge in [-0.15, -0.1) is 11.6 Å². The molecular weight excluding hydrogens is 339 g/mol. The van der Waals surface area contributed by atoms with Crippen LogP contribution in [0.3, 0.4) is 0 Å². The Hall–Kier alpha value is -1.12. The molecule has 24 heavy (non-hydrogen) atoms. The van der Waals surface area contributed by atoms with Gasteiger partial charge in [-0.2, -0.15) is 0 Å².